The van der Waals surface area contributed by atoms with E-state index in [1.807, 2.05) is 36.4 Å². The molecule has 0 saturated heterocycles. The topological polar surface area (TPSA) is 35.0 Å². The molecule has 1 aromatic heterocycles. The third-order valence-electron chi connectivity index (χ3n) is 11.4. The average Bonchev–Trinajstić information content (AvgIpc) is 3.57. The number of rotatable bonds is 5. The smallest absolute Gasteiger partial charge is 0.160 e. The first kappa shape index (κ1) is 32.1. The number of aromatic nitrogens is 2. The first-order valence-electron chi connectivity index (χ1n) is 19.1. The Morgan fingerprint density at radius 2 is 0.750 bits per heavy atom. The van der Waals surface area contributed by atoms with E-state index in [1.54, 1.807) is 0 Å². The van der Waals surface area contributed by atoms with Gasteiger partial charge < -0.3 is 4.74 Å². The Hall–Kier alpha value is -7.36. The van der Waals surface area contributed by atoms with Crippen LogP contribution < -0.4 is 4.74 Å². The summed E-state index contributed by atoms with van der Waals surface area (Å²) < 4.78 is 6.72. The molecule has 0 atom stereocenters. The van der Waals surface area contributed by atoms with E-state index in [9.17, 15) is 0 Å². The summed E-state index contributed by atoms with van der Waals surface area (Å²) in [7, 11) is 0. The molecule has 1 spiro atoms. The van der Waals surface area contributed by atoms with Gasteiger partial charge in [0, 0.05) is 27.8 Å². The van der Waals surface area contributed by atoms with Crippen molar-refractivity contribution >= 4 is 0 Å². The highest BCUT2D eigenvalue weighted by molar-refractivity contribution is 5.91. The van der Waals surface area contributed by atoms with Crippen molar-refractivity contribution in [1.82, 2.24) is 9.97 Å². The second-order valence-electron chi connectivity index (χ2n) is 14.5. The van der Waals surface area contributed by atoms with Crippen LogP contribution in [0.2, 0.25) is 0 Å². The van der Waals surface area contributed by atoms with Gasteiger partial charge in [-0.05, 0) is 68.8 Å². The van der Waals surface area contributed by atoms with Crippen molar-refractivity contribution < 1.29 is 4.74 Å². The molecular formula is C53H34N2O. The summed E-state index contributed by atoms with van der Waals surface area (Å²) in [6.07, 6.45) is 0. The van der Waals surface area contributed by atoms with Crippen LogP contribution in [-0.4, -0.2) is 9.97 Å². The Morgan fingerprint density at radius 3 is 1.39 bits per heavy atom. The van der Waals surface area contributed by atoms with E-state index in [1.165, 1.54) is 27.8 Å². The number of hydrogen-bond acceptors (Lipinski definition) is 3. The van der Waals surface area contributed by atoms with Crippen molar-refractivity contribution in [3.63, 3.8) is 0 Å². The molecule has 262 valence electrons. The van der Waals surface area contributed by atoms with Gasteiger partial charge in [-0.15, -0.1) is 0 Å². The van der Waals surface area contributed by atoms with Crippen molar-refractivity contribution in [1.29, 1.82) is 0 Å². The molecule has 3 nitrogen and oxygen atoms in total. The lowest BCUT2D eigenvalue weighted by molar-refractivity contribution is 0.436. The van der Waals surface area contributed by atoms with E-state index in [0.29, 0.717) is 5.82 Å². The van der Waals surface area contributed by atoms with Crippen LogP contribution in [0.5, 0.6) is 11.5 Å². The van der Waals surface area contributed by atoms with E-state index < -0.39 is 5.41 Å². The molecule has 0 amide bonds. The van der Waals surface area contributed by atoms with E-state index in [4.69, 9.17) is 14.7 Å². The molecule has 0 fully saturated rings. The fraction of sp³-hybridized carbons (Fsp3) is 0.0189. The quantitative estimate of drug-likeness (QED) is 0.178. The van der Waals surface area contributed by atoms with Crippen LogP contribution in [0.4, 0.5) is 0 Å². The largest absolute Gasteiger partial charge is 0.457 e. The Balaban J connectivity index is 1.03. The van der Waals surface area contributed by atoms with E-state index in [0.717, 1.165) is 67.4 Å². The van der Waals surface area contributed by atoms with Gasteiger partial charge in [0.05, 0.1) is 16.8 Å². The minimum absolute atomic E-state index is 0.515. The van der Waals surface area contributed by atoms with Gasteiger partial charge in [-0.25, -0.2) is 9.97 Å². The van der Waals surface area contributed by atoms with Gasteiger partial charge in [0.25, 0.3) is 0 Å². The molecule has 0 bridgehead atoms. The molecule has 1 aliphatic heterocycles. The van der Waals surface area contributed by atoms with Gasteiger partial charge in [0.2, 0.25) is 0 Å². The average molecular weight is 715 g/mol. The van der Waals surface area contributed by atoms with Crippen LogP contribution in [0.15, 0.2) is 206 Å². The van der Waals surface area contributed by atoms with Gasteiger partial charge in [0.1, 0.15) is 11.5 Å². The third-order valence-corrected chi connectivity index (χ3v) is 11.4. The van der Waals surface area contributed by atoms with E-state index in [-0.39, 0.29) is 0 Å². The number of fused-ring (bicyclic) bond motifs is 9. The van der Waals surface area contributed by atoms with Crippen LogP contribution in [0.3, 0.4) is 0 Å². The Bertz CT molecular complexity index is 2830. The van der Waals surface area contributed by atoms with Gasteiger partial charge in [0.15, 0.2) is 5.82 Å². The number of ether oxygens (including phenoxy) is 1. The Kier molecular flexibility index (Phi) is 7.39. The second-order valence-corrected chi connectivity index (χ2v) is 14.5. The maximum atomic E-state index is 6.72. The molecule has 2 aliphatic rings. The van der Waals surface area contributed by atoms with Gasteiger partial charge in [-0.3, -0.25) is 0 Å². The molecule has 3 heteroatoms. The molecule has 8 aromatic carbocycles. The lowest BCUT2D eigenvalue weighted by atomic mass is 9.65. The molecule has 9 aromatic rings. The number of para-hydroxylation sites is 1. The van der Waals surface area contributed by atoms with Crippen LogP contribution >= 0.6 is 0 Å². The van der Waals surface area contributed by atoms with Crippen molar-refractivity contribution in [3.8, 4) is 78.8 Å². The molecule has 0 unspecified atom stereocenters. The number of benzene rings is 8. The fourth-order valence-corrected chi connectivity index (χ4v) is 8.90. The number of hydrogen-bond donors (Lipinski definition) is 0. The summed E-state index contributed by atoms with van der Waals surface area (Å²) in [6.45, 7) is 0. The summed E-state index contributed by atoms with van der Waals surface area (Å²) in [6, 6.07) is 73.1. The van der Waals surface area contributed by atoms with Gasteiger partial charge in [-0.1, -0.05) is 182 Å². The Labute approximate surface area is 326 Å². The highest BCUT2D eigenvalue weighted by Gasteiger charge is 2.51. The summed E-state index contributed by atoms with van der Waals surface area (Å²) >= 11 is 0. The highest BCUT2D eigenvalue weighted by Crippen LogP contribution is 2.62. The fourth-order valence-electron chi connectivity index (χ4n) is 8.90. The second kappa shape index (κ2) is 12.9. The van der Waals surface area contributed by atoms with Crippen LogP contribution in [0, 0.1) is 0 Å². The van der Waals surface area contributed by atoms with E-state index >= 15 is 0 Å². The van der Waals surface area contributed by atoms with Crippen molar-refractivity contribution in [2.75, 3.05) is 0 Å². The van der Waals surface area contributed by atoms with Crippen LogP contribution in [0.25, 0.3) is 67.3 Å². The van der Waals surface area contributed by atoms with E-state index in [2.05, 4.69) is 170 Å². The summed E-state index contributed by atoms with van der Waals surface area (Å²) in [5, 5.41) is 0. The zero-order valence-electron chi connectivity index (χ0n) is 30.4. The summed E-state index contributed by atoms with van der Waals surface area (Å²) in [5.41, 5.74) is 16.4. The third kappa shape index (κ3) is 4.98. The van der Waals surface area contributed by atoms with Crippen molar-refractivity contribution in [2.45, 2.75) is 5.41 Å². The Morgan fingerprint density at radius 1 is 0.304 bits per heavy atom. The predicted octanol–water partition coefficient (Wildman–Crippen LogP) is 13.3. The first-order valence-corrected chi connectivity index (χ1v) is 19.1. The van der Waals surface area contributed by atoms with Crippen molar-refractivity contribution in [2.24, 2.45) is 0 Å². The zero-order valence-corrected chi connectivity index (χ0v) is 30.4. The summed E-state index contributed by atoms with van der Waals surface area (Å²) in [4.78, 5) is 10.1. The maximum absolute atomic E-state index is 6.72. The molecule has 56 heavy (non-hydrogen) atoms. The minimum atomic E-state index is -0.515. The molecule has 1 aliphatic carbocycles. The zero-order chi connectivity index (χ0) is 37.1. The predicted molar refractivity (Wildman–Crippen MR) is 227 cm³/mol. The molecule has 0 radical (unpaired) electrons. The minimum Gasteiger partial charge on any atom is -0.457 e. The van der Waals surface area contributed by atoms with Gasteiger partial charge in [-0.2, -0.15) is 0 Å². The van der Waals surface area contributed by atoms with Crippen LogP contribution in [0.1, 0.15) is 22.3 Å². The molecule has 0 saturated carbocycles. The SMILES string of the molecule is c1ccc(-c2cc(-c3ccc(-c4ccccc4-c4ccc5c(c4)C4(c6ccccc6O5)c5ccccc5-c5ccccc54)cc3)nc(-c3ccccc3)n2)cc1. The maximum Gasteiger partial charge on any atom is 0.160 e. The molecule has 11 rings (SSSR count). The first-order chi connectivity index (χ1) is 27.8. The van der Waals surface area contributed by atoms with Crippen molar-refractivity contribution in [3.05, 3.63) is 229 Å². The standard InChI is InChI=1S/C53H34N2O/c1-3-15-36(16-4-1)48-34-49(55-52(54-48)38-17-5-2-6-18-38)37-29-27-35(28-30-37)40-19-7-8-20-41(40)39-31-32-51-47(33-39)53(46-25-13-14-26-50(46)56-51)44-23-11-9-21-42(44)43-22-10-12-24-45(43)53/h1-34H. The molecule has 2 heterocycles. The summed E-state index contributed by atoms with van der Waals surface area (Å²) in [5.74, 6) is 2.49. The molecule has 0 N–H and O–H groups in total. The monoisotopic (exact) mass is 714 g/mol. The lowest BCUT2D eigenvalue weighted by Crippen LogP contribution is -2.32. The van der Waals surface area contributed by atoms with Gasteiger partial charge >= 0.3 is 0 Å². The van der Waals surface area contributed by atoms with Crippen LogP contribution in [-0.2, 0) is 5.41 Å². The normalized spacial score (nSPS) is 12.9. The number of nitrogens with zero attached hydrogens (tertiary/aromatic N) is 2. The highest BCUT2D eigenvalue weighted by atomic mass is 16.5. The lowest BCUT2D eigenvalue weighted by Gasteiger charge is -2.39. The molecular weight excluding hydrogens is 681 g/mol.